The Hall–Kier alpha value is -2.03. The number of quaternary nitrogens is 1. The molecule has 0 saturated carbocycles. The number of hydrogen-bond donors (Lipinski definition) is 1. The fourth-order valence-electron chi connectivity index (χ4n) is 6.59. The van der Waals surface area contributed by atoms with Crippen LogP contribution in [0.5, 0.6) is 0 Å². The molecule has 0 aliphatic heterocycles. The topological polar surface area (TPSA) is 108 Å². The second-order valence-electron chi connectivity index (χ2n) is 17.5. The summed E-state index contributed by atoms with van der Waals surface area (Å²) in [5.74, 6) is -0.842. The number of ether oxygens (including phenoxy) is 2. The Balaban J connectivity index is 4.28. The second kappa shape index (κ2) is 42.3. The zero-order chi connectivity index (χ0) is 44.3. The van der Waals surface area contributed by atoms with Gasteiger partial charge in [0.15, 0.2) is 6.10 Å². The molecule has 0 aromatic rings. The van der Waals surface area contributed by atoms with Gasteiger partial charge in [0.05, 0.1) is 27.7 Å². The largest absolute Gasteiger partial charge is 0.472 e. The molecular formula is C50H93NO8P+. The van der Waals surface area contributed by atoms with Crippen LogP contribution < -0.4 is 0 Å². The number of nitrogens with zero attached hydrogens (tertiary/aromatic N) is 1. The number of rotatable bonds is 44. The van der Waals surface area contributed by atoms with Gasteiger partial charge in [-0.05, 0) is 51.4 Å². The molecule has 0 aliphatic rings. The van der Waals surface area contributed by atoms with Crippen molar-refractivity contribution in [2.24, 2.45) is 0 Å². The average Bonchev–Trinajstić information content (AvgIpc) is 3.20. The SMILES string of the molecule is CC/C=C\C/C=C\C/C=C\C/C=C\CCCCC(=O)O[C@H](COC(=O)CCCCCCCCCCCCCCCCCCCCCCC)COP(=O)(O)OCC[N+](C)(C)C. The number of allylic oxidation sites excluding steroid dienone is 8. The van der Waals surface area contributed by atoms with E-state index in [0.717, 1.165) is 57.8 Å². The van der Waals surface area contributed by atoms with Crippen molar-refractivity contribution in [3.8, 4) is 0 Å². The van der Waals surface area contributed by atoms with Crippen LogP contribution in [-0.4, -0.2) is 74.9 Å². The van der Waals surface area contributed by atoms with E-state index < -0.39 is 26.5 Å². The molecule has 2 atom stereocenters. The summed E-state index contributed by atoms with van der Waals surface area (Å²) in [4.78, 5) is 35.4. The molecule has 0 spiro atoms. The number of carbonyl (C=O) groups is 2. The van der Waals surface area contributed by atoms with Crippen molar-refractivity contribution in [1.82, 2.24) is 0 Å². The van der Waals surface area contributed by atoms with Gasteiger partial charge in [-0.2, -0.15) is 0 Å². The van der Waals surface area contributed by atoms with Crippen LogP contribution in [-0.2, 0) is 32.7 Å². The first-order valence-corrected chi connectivity index (χ1v) is 25.9. The number of phosphoric acid groups is 1. The van der Waals surface area contributed by atoms with Gasteiger partial charge in [0.2, 0.25) is 0 Å². The molecule has 0 aromatic heterocycles. The Morgan fingerprint density at radius 1 is 0.533 bits per heavy atom. The number of unbranched alkanes of at least 4 members (excludes halogenated alkanes) is 22. The number of esters is 2. The van der Waals surface area contributed by atoms with Crippen LogP contribution in [0.3, 0.4) is 0 Å². The molecule has 60 heavy (non-hydrogen) atoms. The van der Waals surface area contributed by atoms with E-state index in [4.69, 9.17) is 18.5 Å². The van der Waals surface area contributed by atoms with Gasteiger partial charge in [-0.25, -0.2) is 4.57 Å². The summed E-state index contributed by atoms with van der Waals surface area (Å²) in [6.07, 6.45) is 50.3. The average molecular weight is 867 g/mol. The van der Waals surface area contributed by atoms with Crippen LogP contribution >= 0.6 is 7.82 Å². The highest BCUT2D eigenvalue weighted by Crippen LogP contribution is 2.43. The molecule has 0 aromatic carbocycles. The van der Waals surface area contributed by atoms with Crippen molar-refractivity contribution in [3.63, 3.8) is 0 Å². The summed E-state index contributed by atoms with van der Waals surface area (Å²) >= 11 is 0. The molecule has 0 aliphatic carbocycles. The van der Waals surface area contributed by atoms with Crippen molar-refractivity contribution >= 4 is 19.8 Å². The summed E-state index contributed by atoms with van der Waals surface area (Å²) in [5, 5.41) is 0. The molecule has 1 N–H and O–H groups in total. The van der Waals surface area contributed by atoms with Crippen LogP contribution in [0.1, 0.15) is 206 Å². The van der Waals surface area contributed by atoms with Gasteiger partial charge < -0.3 is 18.9 Å². The van der Waals surface area contributed by atoms with Crippen LogP contribution in [0, 0.1) is 0 Å². The smallest absolute Gasteiger partial charge is 0.462 e. The minimum atomic E-state index is -4.39. The number of phosphoric ester groups is 1. The molecule has 0 saturated heterocycles. The second-order valence-corrected chi connectivity index (χ2v) is 18.9. The fourth-order valence-corrected chi connectivity index (χ4v) is 7.34. The molecule has 0 heterocycles. The van der Waals surface area contributed by atoms with Crippen molar-refractivity contribution in [1.29, 1.82) is 0 Å². The summed E-state index contributed by atoms with van der Waals surface area (Å²) in [6.45, 7) is 4.28. The van der Waals surface area contributed by atoms with E-state index in [1.165, 1.54) is 116 Å². The van der Waals surface area contributed by atoms with Crippen molar-refractivity contribution in [3.05, 3.63) is 48.6 Å². The Kier molecular flexibility index (Phi) is 40.8. The van der Waals surface area contributed by atoms with E-state index >= 15 is 0 Å². The fraction of sp³-hybridized carbons (Fsp3) is 0.800. The van der Waals surface area contributed by atoms with E-state index in [9.17, 15) is 19.0 Å². The van der Waals surface area contributed by atoms with Gasteiger partial charge in [0.1, 0.15) is 19.8 Å². The van der Waals surface area contributed by atoms with Crippen LogP contribution in [0.25, 0.3) is 0 Å². The molecule has 350 valence electrons. The van der Waals surface area contributed by atoms with Crippen LogP contribution in [0.4, 0.5) is 0 Å². The minimum absolute atomic E-state index is 0.0233. The zero-order valence-electron chi connectivity index (χ0n) is 39.4. The maximum atomic E-state index is 12.7. The lowest BCUT2D eigenvalue weighted by Crippen LogP contribution is -2.37. The molecule has 1 unspecified atom stereocenters. The Morgan fingerprint density at radius 2 is 0.950 bits per heavy atom. The summed E-state index contributed by atoms with van der Waals surface area (Å²) in [5.41, 5.74) is 0. The Morgan fingerprint density at radius 3 is 1.42 bits per heavy atom. The third kappa shape index (κ3) is 45.5. The minimum Gasteiger partial charge on any atom is -0.462 e. The quantitative estimate of drug-likeness (QED) is 0.0212. The molecule has 0 rings (SSSR count). The zero-order valence-corrected chi connectivity index (χ0v) is 40.3. The molecule has 10 heteroatoms. The summed E-state index contributed by atoms with van der Waals surface area (Å²) in [6, 6.07) is 0. The van der Waals surface area contributed by atoms with Gasteiger partial charge in [-0.15, -0.1) is 0 Å². The molecule has 0 amide bonds. The third-order valence-corrected chi connectivity index (χ3v) is 11.4. The lowest BCUT2D eigenvalue weighted by molar-refractivity contribution is -0.870. The first-order chi connectivity index (χ1) is 29.0. The monoisotopic (exact) mass is 867 g/mol. The van der Waals surface area contributed by atoms with Crippen molar-refractivity contribution in [2.75, 3.05) is 47.5 Å². The lowest BCUT2D eigenvalue weighted by atomic mass is 10.0. The summed E-state index contributed by atoms with van der Waals surface area (Å²) < 4.78 is 34.3. The highest BCUT2D eigenvalue weighted by atomic mass is 31.2. The van der Waals surface area contributed by atoms with E-state index in [1.807, 2.05) is 21.1 Å². The first-order valence-electron chi connectivity index (χ1n) is 24.4. The molecule has 0 bridgehead atoms. The van der Waals surface area contributed by atoms with E-state index in [1.54, 1.807) is 0 Å². The van der Waals surface area contributed by atoms with Gasteiger partial charge >= 0.3 is 19.8 Å². The highest BCUT2D eigenvalue weighted by Gasteiger charge is 2.27. The molecule has 0 fully saturated rings. The highest BCUT2D eigenvalue weighted by molar-refractivity contribution is 7.47. The van der Waals surface area contributed by atoms with E-state index in [2.05, 4.69) is 62.5 Å². The molecule has 9 nitrogen and oxygen atoms in total. The van der Waals surface area contributed by atoms with Crippen molar-refractivity contribution in [2.45, 2.75) is 213 Å². The maximum Gasteiger partial charge on any atom is 0.472 e. The van der Waals surface area contributed by atoms with Crippen LogP contribution in [0.2, 0.25) is 0 Å². The first kappa shape index (κ1) is 58.0. The van der Waals surface area contributed by atoms with Gasteiger partial charge in [0.25, 0.3) is 0 Å². The van der Waals surface area contributed by atoms with Gasteiger partial charge in [-0.1, -0.05) is 191 Å². The number of hydrogen-bond acceptors (Lipinski definition) is 7. The Bertz CT molecular complexity index is 1160. The number of carbonyl (C=O) groups excluding carboxylic acids is 2. The van der Waals surface area contributed by atoms with Crippen LogP contribution in [0.15, 0.2) is 48.6 Å². The van der Waals surface area contributed by atoms with Gasteiger partial charge in [0, 0.05) is 12.8 Å². The lowest BCUT2D eigenvalue weighted by Gasteiger charge is -2.24. The normalized spacial score (nSPS) is 13.9. The standard InChI is InChI=1S/C50H92NO8P/c1-6-8-10-12-14-16-18-20-22-23-24-25-26-27-29-30-32-34-36-38-40-42-49(52)56-46-48(47-58-60(54,55)57-45-44-51(3,4)5)59-50(53)43-41-39-37-35-33-31-28-21-19-17-15-13-11-9-7-2/h9,11,15,17,21,28,33,35,48H,6-8,10,12-14,16,18-20,22-27,29-32,34,36-47H2,1-5H3/p+1/b11-9-,17-15-,28-21-,35-33-/t48-/m1/s1. The van der Waals surface area contributed by atoms with Crippen molar-refractivity contribution < 1.29 is 42.1 Å². The predicted molar refractivity (Wildman–Crippen MR) is 252 cm³/mol. The van der Waals surface area contributed by atoms with E-state index in [0.29, 0.717) is 17.4 Å². The number of likely N-dealkylation sites (N-methyl/N-ethyl adjacent to an activating group) is 1. The van der Waals surface area contributed by atoms with E-state index in [-0.39, 0.29) is 32.0 Å². The molecular weight excluding hydrogens is 774 g/mol. The Labute approximate surface area is 369 Å². The molecule has 0 radical (unpaired) electrons. The van der Waals surface area contributed by atoms with Gasteiger partial charge in [-0.3, -0.25) is 18.6 Å². The summed E-state index contributed by atoms with van der Waals surface area (Å²) in [7, 11) is 1.45. The third-order valence-electron chi connectivity index (χ3n) is 10.4. The maximum absolute atomic E-state index is 12.7. The predicted octanol–water partition coefficient (Wildman–Crippen LogP) is 14.2.